The monoisotopic (exact) mass is 433 g/mol. The van der Waals surface area contributed by atoms with Crippen molar-refractivity contribution in [3.63, 3.8) is 0 Å². The largest absolute Gasteiger partial charge is 0.323 e. The maximum absolute atomic E-state index is 11.3. The number of hydrogen-bond acceptors (Lipinski definition) is 5. The summed E-state index contributed by atoms with van der Waals surface area (Å²) in [4.78, 5) is 54.6. The van der Waals surface area contributed by atoms with Gasteiger partial charge in [0.25, 0.3) is 5.91 Å². The Morgan fingerprint density at radius 3 is 1.65 bits per heavy atom. The third-order valence-electron chi connectivity index (χ3n) is 7.65. The van der Waals surface area contributed by atoms with E-state index in [-0.39, 0.29) is 29.2 Å². The normalized spacial score (nSPS) is 35.6. The topological polar surface area (TPSA) is 121 Å². The number of ketones is 1. The maximum atomic E-state index is 11.3. The van der Waals surface area contributed by atoms with Gasteiger partial charge in [0.05, 0.1) is 5.41 Å². The molecule has 5 aliphatic rings. The van der Waals surface area contributed by atoms with Crippen LogP contribution in [0.5, 0.6) is 0 Å². The van der Waals surface area contributed by atoms with Gasteiger partial charge in [-0.3, -0.25) is 29.8 Å². The molecule has 2 saturated heterocycles. The summed E-state index contributed by atoms with van der Waals surface area (Å²) in [5.41, 5.74) is -0.810. The first kappa shape index (κ1) is 23.4. The average molecular weight is 434 g/mol. The van der Waals surface area contributed by atoms with Gasteiger partial charge >= 0.3 is 6.03 Å². The summed E-state index contributed by atoms with van der Waals surface area (Å²) in [6, 6.07) is -0.338. The zero-order valence-electron chi connectivity index (χ0n) is 18.8. The molecule has 2 spiro atoms. The lowest BCUT2D eigenvalue weighted by atomic mass is 9.60. The minimum absolute atomic E-state index is 0.0304. The number of rotatable bonds is 3. The molecule has 31 heavy (non-hydrogen) atoms. The number of imide groups is 2. The second-order valence-electron chi connectivity index (χ2n) is 9.91. The van der Waals surface area contributed by atoms with Gasteiger partial charge in [-0.05, 0) is 43.4 Å². The standard InChI is InChI=1S/C9H13NO2.C8H12N2O2.C6H10O/c1-2-6-3-9(4-6)5-7(11)10-8(9)12;1-2-5-3-8(4-5)6(11)9-7(12)10-8;1-2-5-3-6(7)4-5/h6H,2-5H2,1H3,(H,10,11,12);5H,2-4H2,1H3,(H2,9,10,11,12);5H,2-4H2,1H3. The van der Waals surface area contributed by atoms with Gasteiger partial charge in [-0.25, -0.2) is 4.79 Å². The van der Waals surface area contributed by atoms with Gasteiger partial charge in [0, 0.05) is 19.3 Å². The first-order valence-corrected chi connectivity index (χ1v) is 11.6. The Morgan fingerprint density at radius 1 is 0.742 bits per heavy atom. The Kier molecular flexibility index (Phi) is 6.86. The van der Waals surface area contributed by atoms with Gasteiger partial charge in [0.2, 0.25) is 11.8 Å². The van der Waals surface area contributed by atoms with Gasteiger partial charge < -0.3 is 5.32 Å². The molecule has 0 atom stereocenters. The molecule has 8 nitrogen and oxygen atoms in total. The van der Waals surface area contributed by atoms with E-state index in [9.17, 15) is 24.0 Å². The maximum Gasteiger partial charge on any atom is 0.322 e. The van der Waals surface area contributed by atoms with Crippen LogP contribution in [0.1, 0.15) is 85.0 Å². The van der Waals surface area contributed by atoms with E-state index in [4.69, 9.17) is 0 Å². The van der Waals surface area contributed by atoms with Crippen LogP contribution in [0.25, 0.3) is 0 Å². The van der Waals surface area contributed by atoms with Crippen molar-refractivity contribution in [3.05, 3.63) is 0 Å². The second-order valence-corrected chi connectivity index (χ2v) is 9.91. The van der Waals surface area contributed by atoms with Crippen LogP contribution in [0.4, 0.5) is 4.79 Å². The fourth-order valence-electron chi connectivity index (χ4n) is 5.26. The van der Waals surface area contributed by atoms with Gasteiger partial charge in [-0.2, -0.15) is 0 Å². The molecular weight excluding hydrogens is 398 g/mol. The minimum Gasteiger partial charge on any atom is -0.323 e. The van der Waals surface area contributed by atoms with Crippen LogP contribution >= 0.6 is 0 Å². The van der Waals surface area contributed by atoms with Crippen molar-refractivity contribution in [2.24, 2.45) is 23.2 Å². The fraction of sp³-hybridized carbons (Fsp3) is 0.783. The fourth-order valence-corrected chi connectivity index (χ4v) is 5.26. The van der Waals surface area contributed by atoms with E-state index in [1.807, 2.05) is 0 Å². The lowest BCUT2D eigenvalue weighted by molar-refractivity contribution is -0.135. The summed E-state index contributed by atoms with van der Waals surface area (Å²) in [6.07, 6.45) is 9.00. The highest BCUT2D eigenvalue weighted by Crippen LogP contribution is 2.51. The van der Waals surface area contributed by atoms with E-state index in [2.05, 4.69) is 36.7 Å². The molecule has 0 aromatic rings. The van der Waals surface area contributed by atoms with Crippen LogP contribution in [-0.2, 0) is 19.2 Å². The van der Waals surface area contributed by atoms with Crippen LogP contribution < -0.4 is 16.0 Å². The van der Waals surface area contributed by atoms with Crippen molar-refractivity contribution < 1.29 is 24.0 Å². The van der Waals surface area contributed by atoms with Crippen molar-refractivity contribution >= 4 is 29.5 Å². The van der Waals surface area contributed by atoms with E-state index < -0.39 is 5.54 Å². The quantitative estimate of drug-likeness (QED) is 0.467. The molecule has 0 aromatic carbocycles. The number of Topliss-reactive ketones (excluding diaryl/α,β-unsaturated/α-hetero) is 1. The number of carbonyl (C=O) groups is 5. The Labute approximate surface area is 183 Å². The predicted octanol–water partition coefficient (Wildman–Crippen LogP) is 2.60. The molecular formula is C23H35N3O5. The second kappa shape index (κ2) is 9.09. The highest BCUT2D eigenvalue weighted by atomic mass is 16.2. The molecule has 0 radical (unpaired) electrons. The molecule has 172 valence electrons. The molecule has 3 aliphatic carbocycles. The number of hydrogen-bond donors (Lipinski definition) is 3. The molecule has 5 rings (SSSR count). The third-order valence-corrected chi connectivity index (χ3v) is 7.65. The van der Waals surface area contributed by atoms with Crippen molar-refractivity contribution in [1.29, 1.82) is 0 Å². The van der Waals surface area contributed by atoms with Gasteiger partial charge in [0.15, 0.2) is 0 Å². The van der Waals surface area contributed by atoms with Gasteiger partial charge in [-0.15, -0.1) is 0 Å². The lowest BCUT2D eigenvalue weighted by Gasteiger charge is -2.41. The molecule has 3 N–H and O–H groups in total. The number of nitrogens with one attached hydrogen (secondary N) is 3. The van der Waals surface area contributed by atoms with Crippen molar-refractivity contribution in [2.75, 3.05) is 0 Å². The summed E-state index contributed by atoms with van der Waals surface area (Å²) in [7, 11) is 0. The molecule has 5 amide bonds. The minimum atomic E-state index is -0.530. The summed E-state index contributed by atoms with van der Waals surface area (Å²) in [5.74, 6) is 2.21. The van der Waals surface area contributed by atoms with Gasteiger partial charge in [-0.1, -0.05) is 40.0 Å². The first-order chi connectivity index (χ1) is 14.6. The zero-order chi connectivity index (χ0) is 22.8. The number of carbonyl (C=O) groups excluding carboxylic acids is 5. The van der Waals surface area contributed by atoms with Gasteiger partial charge in [0.1, 0.15) is 11.3 Å². The van der Waals surface area contributed by atoms with Crippen molar-refractivity contribution in [3.8, 4) is 0 Å². The molecule has 0 bridgehead atoms. The molecule has 0 unspecified atom stereocenters. The average Bonchev–Trinajstić information content (AvgIpc) is 3.11. The van der Waals surface area contributed by atoms with Crippen molar-refractivity contribution in [2.45, 2.75) is 90.5 Å². The van der Waals surface area contributed by atoms with Crippen LogP contribution in [0.3, 0.4) is 0 Å². The molecule has 2 heterocycles. The number of urea groups is 1. The number of amides is 5. The summed E-state index contributed by atoms with van der Waals surface area (Å²) in [6.45, 7) is 6.37. The van der Waals surface area contributed by atoms with Crippen LogP contribution in [0.15, 0.2) is 0 Å². The highest BCUT2D eigenvalue weighted by molar-refractivity contribution is 6.07. The van der Waals surface area contributed by atoms with Crippen LogP contribution in [-0.4, -0.2) is 35.1 Å². The highest BCUT2D eigenvalue weighted by Gasteiger charge is 2.55. The Hall–Kier alpha value is -2.25. The zero-order valence-corrected chi connectivity index (χ0v) is 18.8. The Balaban J connectivity index is 0.000000137. The molecule has 8 heteroatoms. The van der Waals surface area contributed by atoms with E-state index in [0.29, 0.717) is 24.0 Å². The predicted molar refractivity (Wildman–Crippen MR) is 114 cm³/mol. The van der Waals surface area contributed by atoms with E-state index in [1.165, 1.54) is 6.42 Å². The van der Waals surface area contributed by atoms with E-state index in [0.717, 1.165) is 57.3 Å². The summed E-state index contributed by atoms with van der Waals surface area (Å²) in [5, 5.41) is 7.32. The lowest BCUT2D eigenvalue weighted by Crippen LogP contribution is -2.56. The molecule has 3 saturated carbocycles. The third kappa shape index (κ3) is 4.83. The van der Waals surface area contributed by atoms with E-state index in [1.54, 1.807) is 0 Å². The summed E-state index contributed by atoms with van der Waals surface area (Å²) >= 11 is 0. The van der Waals surface area contributed by atoms with Crippen LogP contribution in [0, 0.1) is 23.2 Å². The molecule has 5 fully saturated rings. The molecule has 0 aromatic heterocycles. The Morgan fingerprint density at radius 2 is 1.29 bits per heavy atom. The van der Waals surface area contributed by atoms with Crippen molar-refractivity contribution in [1.82, 2.24) is 16.0 Å². The smallest absolute Gasteiger partial charge is 0.322 e. The first-order valence-electron chi connectivity index (χ1n) is 11.6. The SMILES string of the molecule is CCC1CC(=O)C1.CCC1CC2(C1)NC(=O)NC2=O.CCC1CC2(CC(=O)NC2=O)C1. The van der Waals surface area contributed by atoms with E-state index >= 15 is 0 Å². The summed E-state index contributed by atoms with van der Waals surface area (Å²) < 4.78 is 0. The van der Waals surface area contributed by atoms with Crippen LogP contribution in [0.2, 0.25) is 0 Å². The Bertz CT molecular complexity index is 705. The molecule has 2 aliphatic heterocycles.